The first-order valence-corrected chi connectivity index (χ1v) is 8.79. The van der Waals surface area contributed by atoms with Crippen LogP contribution in [0, 0.1) is 12.8 Å². The van der Waals surface area contributed by atoms with Gasteiger partial charge in [0.15, 0.2) is 0 Å². The molecule has 2 saturated heterocycles. The Labute approximate surface area is 141 Å². The highest BCUT2D eigenvalue weighted by molar-refractivity contribution is 5.18. The quantitative estimate of drug-likeness (QED) is 0.857. The van der Waals surface area contributed by atoms with Gasteiger partial charge in [-0.25, -0.2) is 0 Å². The lowest BCUT2D eigenvalue weighted by atomic mass is 9.81. The fraction of sp³-hybridized carbons (Fsp3) is 0.611. The number of pyridine rings is 1. The lowest BCUT2D eigenvalue weighted by Gasteiger charge is -2.23. The molecule has 4 heterocycles. The van der Waals surface area contributed by atoms with Gasteiger partial charge < -0.3 is 9.15 Å². The molecule has 3 aliphatic rings. The summed E-state index contributed by atoms with van der Waals surface area (Å²) < 4.78 is 11.9. The van der Waals surface area contributed by atoms with Gasteiger partial charge in [0.25, 0.3) is 0 Å². The maximum absolute atomic E-state index is 6.07. The number of fused-ring (bicyclic) bond motifs is 1. The van der Waals surface area contributed by atoms with Gasteiger partial charge >= 0.3 is 0 Å². The van der Waals surface area contributed by atoms with Crippen molar-refractivity contribution >= 4 is 0 Å². The number of aryl methyl sites for hydroxylation is 1. The molecule has 0 radical (unpaired) electrons. The number of hydrogen-bond acceptors (Lipinski definition) is 6. The second-order valence-corrected chi connectivity index (χ2v) is 7.53. The Morgan fingerprint density at radius 2 is 2.21 bits per heavy atom. The van der Waals surface area contributed by atoms with Crippen LogP contribution in [0.4, 0.5) is 0 Å². The molecule has 2 aliphatic heterocycles. The Kier molecular flexibility index (Phi) is 3.25. The zero-order valence-electron chi connectivity index (χ0n) is 13.9. The van der Waals surface area contributed by atoms with Crippen LogP contribution in [-0.2, 0) is 16.7 Å². The summed E-state index contributed by atoms with van der Waals surface area (Å²) >= 11 is 0. The van der Waals surface area contributed by atoms with Crippen molar-refractivity contribution < 1.29 is 9.15 Å². The van der Waals surface area contributed by atoms with Gasteiger partial charge in [-0.05, 0) is 31.9 Å². The van der Waals surface area contributed by atoms with Crippen LogP contribution in [0.1, 0.15) is 41.9 Å². The molecule has 1 aliphatic carbocycles. The van der Waals surface area contributed by atoms with Gasteiger partial charge in [-0.2, -0.15) is 0 Å². The third-order valence-corrected chi connectivity index (χ3v) is 5.57. The fourth-order valence-electron chi connectivity index (χ4n) is 4.11. The molecule has 2 atom stereocenters. The number of rotatable bonds is 4. The second-order valence-electron chi connectivity index (χ2n) is 7.53. The number of hydrogen-bond donors (Lipinski definition) is 0. The SMILES string of the molecule is Cc1cccc(CN2C[C@@H]3COC[C@]3(c3nnc(C4CC4)o3)C2)n1. The highest BCUT2D eigenvalue weighted by Gasteiger charge is 2.55. The molecule has 0 unspecified atom stereocenters. The van der Waals surface area contributed by atoms with Crippen molar-refractivity contribution in [3.8, 4) is 0 Å². The Morgan fingerprint density at radius 1 is 1.29 bits per heavy atom. The van der Waals surface area contributed by atoms with Crippen molar-refractivity contribution in [1.82, 2.24) is 20.1 Å². The topological polar surface area (TPSA) is 64.3 Å². The number of likely N-dealkylation sites (tertiary alicyclic amines) is 1. The van der Waals surface area contributed by atoms with Crippen molar-refractivity contribution in [2.24, 2.45) is 5.92 Å². The summed E-state index contributed by atoms with van der Waals surface area (Å²) in [6.45, 7) is 6.26. The number of aromatic nitrogens is 3. The summed E-state index contributed by atoms with van der Waals surface area (Å²) in [6.07, 6.45) is 2.36. The van der Waals surface area contributed by atoms with Crippen molar-refractivity contribution in [3.05, 3.63) is 41.4 Å². The highest BCUT2D eigenvalue weighted by Crippen LogP contribution is 2.45. The molecular formula is C18H22N4O2. The molecule has 126 valence electrons. The smallest absolute Gasteiger partial charge is 0.226 e. The van der Waals surface area contributed by atoms with E-state index in [2.05, 4.69) is 32.2 Å². The van der Waals surface area contributed by atoms with E-state index in [4.69, 9.17) is 9.15 Å². The van der Waals surface area contributed by atoms with Crippen molar-refractivity contribution in [2.75, 3.05) is 26.3 Å². The monoisotopic (exact) mass is 326 g/mol. The summed E-state index contributed by atoms with van der Waals surface area (Å²) in [7, 11) is 0. The maximum Gasteiger partial charge on any atom is 0.226 e. The minimum absolute atomic E-state index is 0.135. The first kappa shape index (κ1) is 14.5. The second kappa shape index (κ2) is 5.36. The van der Waals surface area contributed by atoms with Crippen LogP contribution in [-0.4, -0.2) is 46.4 Å². The van der Waals surface area contributed by atoms with Gasteiger partial charge in [0.1, 0.15) is 0 Å². The van der Waals surface area contributed by atoms with Gasteiger partial charge in [-0.3, -0.25) is 9.88 Å². The lowest BCUT2D eigenvalue weighted by molar-refractivity contribution is 0.139. The maximum atomic E-state index is 6.07. The molecule has 0 N–H and O–H groups in total. The minimum atomic E-state index is -0.135. The molecule has 1 saturated carbocycles. The van der Waals surface area contributed by atoms with Crippen LogP contribution in [0.3, 0.4) is 0 Å². The third-order valence-electron chi connectivity index (χ3n) is 5.57. The average Bonchev–Trinajstić information content (AvgIpc) is 3.00. The molecule has 0 bridgehead atoms. The van der Waals surface area contributed by atoms with E-state index in [0.717, 1.165) is 49.4 Å². The molecule has 2 aromatic heterocycles. The first-order valence-electron chi connectivity index (χ1n) is 8.79. The molecule has 6 nitrogen and oxygen atoms in total. The molecule has 0 amide bonds. The molecule has 2 aromatic rings. The molecule has 6 heteroatoms. The van der Waals surface area contributed by atoms with Gasteiger partial charge in [-0.1, -0.05) is 6.07 Å². The van der Waals surface area contributed by atoms with Gasteiger partial charge in [0.05, 0.1) is 24.3 Å². The molecule has 0 aromatic carbocycles. The van der Waals surface area contributed by atoms with E-state index < -0.39 is 0 Å². The highest BCUT2D eigenvalue weighted by atomic mass is 16.5. The predicted molar refractivity (Wildman–Crippen MR) is 86.5 cm³/mol. The van der Waals surface area contributed by atoms with Crippen molar-refractivity contribution in [3.63, 3.8) is 0 Å². The van der Waals surface area contributed by atoms with Crippen LogP contribution in [0.2, 0.25) is 0 Å². The summed E-state index contributed by atoms with van der Waals surface area (Å²) in [5.74, 6) is 2.53. The predicted octanol–water partition coefficient (Wildman–Crippen LogP) is 2.05. The standard InChI is InChI=1S/C18H22N4O2/c1-12-3-2-4-15(19-12)8-22-7-14-9-23-11-18(14,10-22)17-21-20-16(24-17)13-5-6-13/h2-4,13-14H,5-11H2,1H3/t14-,18-/m1/s1. The minimum Gasteiger partial charge on any atom is -0.424 e. The lowest BCUT2D eigenvalue weighted by Crippen LogP contribution is -2.36. The van der Waals surface area contributed by atoms with E-state index in [0.29, 0.717) is 18.4 Å². The van der Waals surface area contributed by atoms with E-state index >= 15 is 0 Å². The van der Waals surface area contributed by atoms with Crippen LogP contribution in [0.5, 0.6) is 0 Å². The molecule has 0 spiro atoms. The zero-order valence-corrected chi connectivity index (χ0v) is 13.9. The van der Waals surface area contributed by atoms with E-state index in [-0.39, 0.29) is 5.41 Å². The van der Waals surface area contributed by atoms with Gasteiger partial charge in [0, 0.05) is 37.2 Å². The summed E-state index contributed by atoms with van der Waals surface area (Å²) in [5, 5.41) is 8.71. The Hall–Kier alpha value is -1.79. The van der Waals surface area contributed by atoms with Gasteiger partial charge in [0.2, 0.25) is 11.8 Å². The molecule has 3 fully saturated rings. The molecule has 24 heavy (non-hydrogen) atoms. The summed E-state index contributed by atoms with van der Waals surface area (Å²) in [5.41, 5.74) is 2.05. The van der Waals surface area contributed by atoms with E-state index in [1.165, 1.54) is 12.8 Å². The molecular weight excluding hydrogens is 304 g/mol. The average molecular weight is 326 g/mol. The van der Waals surface area contributed by atoms with Gasteiger partial charge in [-0.15, -0.1) is 10.2 Å². The van der Waals surface area contributed by atoms with Crippen LogP contribution >= 0.6 is 0 Å². The van der Waals surface area contributed by atoms with Crippen molar-refractivity contribution in [1.29, 1.82) is 0 Å². The Morgan fingerprint density at radius 3 is 3.04 bits per heavy atom. The van der Waals surface area contributed by atoms with E-state index in [1.807, 2.05) is 13.0 Å². The van der Waals surface area contributed by atoms with Crippen LogP contribution in [0.25, 0.3) is 0 Å². The number of ether oxygens (including phenoxy) is 1. The number of nitrogens with zero attached hydrogens (tertiary/aromatic N) is 4. The summed E-state index contributed by atoms with van der Waals surface area (Å²) in [6, 6.07) is 6.21. The third kappa shape index (κ3) is 2.36. The normalized spacial score (nSPS) is 30.0. The van der Waals surface area contributed by atoms with E-state index in [9.17, 15) is 0 Å². The summed E-state index contributed by atoms with van der Waals surface area (Å²) in [4.78, 5) is 7.09. The fourth-order valence-corrected chi connectivity index (χ4v) is 4.11. The first-order chi connectivity index (χ1) is 11.7. The Balaban J connectivity index is 1.38. The zero-order chi connectivity index (χ0) is 16.1. The van der Waals surface area contributed by atoms with Crippen LogP contribution < -0.4 is 0 Å². The Bertz CT molecular complexity index is 757. The molecule has 5 rings (SSSR count). The van der Waals surface area contributed by atoms with E-state index in [1.54, 1.807) is 0 Å². The van der Waals surface area contributed by atoms with Crippen LogP contribution in [0.15, 0.2) is 22.6 Å². The largest absolute Gasteiger partial charge is 0.424 e. The van der Waals surface area contributed by atoms with Crippen molar-refractivity contribution in [2.45, 2.75) is 37.6 Å².